The fraction of sp³-hybridized carbons (Fsp3) is 0.333. The van der Waals surface area contributed by atoms with Crippen LogP contribution in [0.2, 0.25) is 0 Å². The molecule has 3 rings (SSSR count). The van der Waals surface area contributed by atoms with E-state index in [1.165, 1.54) is 17.9 Å². The Morgan fingerprint density at radius 2 is 2.00 bits per heavy atom. The first-order chi connectivity index (χ1) is 14.3. The lowest BCUT2D eigenvalue weighted by Crippen LogP contribution is -2.33. The highest BCUT2D eigenvalue weighted by Crippen LogP contribution is 2.29. The zero-order valence-electron chi connectivity index (χ0n) is 17.1. The summed E-state index contributed by atoms with van der Waals surface area (Å²) >= 11 is 0. The molecule has 0 spiro atoms. The second-order valence-corrected chi connectivity index (χ2v) is 8.95. The summed E-state index contributed by atoms with van der Waals surface area (Å²) in [6.07, 6.45) is -1.02. The van der Waals surface area contributed by atoms with Crippen molar-refractivity contribution in [1.82, 2.24) is 10.8 Å². The van der Waals surface area contributed by atoms with E-state index in [1.807, 2.05) is 37.6 Å². The molecule has 2 aromatic carbocycles. The van der Waals surface area contributed by atoms with Crippen molar-refractivity contribution >= 4 is 25.8 Å². The number of cyclic esters (lactones) is 1. The second-order valence-electron chi connectivity index (χ2n) is 7.14. The number of carbonyl (C=O) groups is 2. The Kier molecular flexibility index (Phi) is 7.37. The van der Waals surface area contributed by atoms with Gasteiger partial charge in [0.2, 0.25) is 5.91 Å². The number of hydrogen-bond acceptors (Lipinski definition) is 5. The molecule has 1 aliphatic rings. The van der Waals surface area contributed by atoms with Crippen LogP contribution in [-0.2, 0) is 20.7 Å². The monoisotopic (exact) mass is 433 g/mol. The van der Waals surface area contributed by atoms with E-state index in [2.05, 4.69) is 10.8 Å². The molecule has 0 radical (unpaired) electrons. The maximum atomic E-state index is 14.8. The van der Waals surface area contributed by atoms with Gasteiger partial charge in [0.15, 0.2) is 0 Å². The Morgan fingerprint density at radius 3 is 2.63 bits per heavy atom. The minimum Gasteiger partial charge on any atom is -0.442 e. The molecule has 1 heterocycles. The van der Waals surface area contributed by atoms with E-state index in [-0.39, 0.29) is 19.0 Å². The first kappa shape index (κ1) is 22.2. The summed E-state index contributed by atoms with van der Waals surface area (Å²) in [6, 6.07) is 12.2. The number of hydroxylamine groups is 1. The van der Waals surface area contributed by atoms with Crippen LogP contribution in [0.5, 0.6) is 0 Å². The van der Waals surface area contributed by atoms with Gasteiger partial charge in [-0.3, -0.25) is 14.3 Å². The average molecular weight is 433 g/mol. The molecule has 7 nitrogen and oxygen atoms in total. The van der Waals surface area contributed by atoms with E-state index in [4.69, 9.17) is 9.36 Å². The average Bonchev–Trinajstić information content (AvgIpc) is 3.07. The number of carbonyl (C=O) groups excluding carboxylic acids is 2. The van der Waals surface area contributed by atoms with E-state index < -0.39 is 26.2 Å². The third-order valence-electron chi connectivity index (χ3n) is 4.51. The van der Waals surface area contributed by atoms with Crippen molar-refractivity contribution < 1.29 is 23.3 Å². The van der Waals surface area contributed by atoms with Crippen molar-refractivity contribution in [1.29, 1.82) is 0 Å². The number of amides is 2. The summed E-state index contributed by atoms with van der Waals surface area (Å²) in [7, 11) is -0.478. The number of halogens is 1. The number of ether oxygens (including phenoxy) is 1. The van der Waals surface area contributed by atoms with Crippen LogP contribution in [0.4, 0.5) is 14.9 Å². The Balaban J connectivity index is 1.66. The minimum absolute atomic E-state index is 0.199. The predicted molar refractivity (Wildman–Crippen MR) is 115 cm³/mol. The van der Waals surface area contributed by atoms with Crippen LogP contribution in [0.15, 0.2) is 42.5 Å². The highest BCUT2D eigenvalue weighted by molar-refractivity contribution is 7.50. The van der Waals surface area contributed by atoms with Gasteiger partial charge in [-0.2, -0.15) is 5.48 Å². The molecule has 9 heteroatoms. The molecular formula is C21H25FN3O4P. The Labute approximate surface area is 176 Å². The fourth-order valence-corrected chi connectivity index (χ4v) is 3.37. The van der Waals surface area contributed by atoms with E-state index in [1.54, 1.807) is 12.1 Å². The molecule has 1 fully saturated rings. The van der Waals surface area contributed by atoms with Gasteiger partial charge < -0.3 is 10.1 Å². The molecule has 2 N–H and O–H groups in total. The van der Waals surface area contributed by atoms with E-state index in [0.29, 0.717) is 17.8 Å². The van der Waals surface area contributed by atoms with Crippen molar-refractivity contribution in [3.8, 4) is 11.1 Å². The molecule has 160 valence electrons. The van der Waals surface area contributed by atoms with Crippen LogP contribution in [0.1, 0.15) is 12.5 Å². The topological polar surface area (TPSA) is 79.9 Å². The van der Waals surface area contributed by atoms with Crippen molar-refractivity contribution in [2.45, 2.75) is 19.6 Å². The highest BCUT2D eigenvalue weighted by atomic mass is 31.1. The lowest BCUT2D eigenvalue weighted by Gasteiger charge is -2.15. The maximum absolute atomic E-state index is 14.8. The maximum Gasteiger partial charge on any atom is 0.414 e. The molecule has 1 unspecified atom stereocenters. The normalized spacial score (nSPS) is 16.1. The van der Waals surface area contributed by atoms with Crippen LogP contribution in [0, 0.1) is 5.82 Å². The number of hydrogen-bond donors (Lipinski definition) is 2. The lowest BCUT2D eigenvalue weighted by molar-refractivity contribution is -0.119. The van der Waals surface area contributed by atoms with Crippen LogP contribution in [0.25, 0.3) is 11.1 Å². The zero-order valence-corrected chi connectivity index (χ0v) is 18.0. The van der Waals surface area contributed by atoms with Crippen LogP contribution in [0.3, 0.4) is 0 Å². The highest BCUT2D eigenvalue weighted by Gasteiger charge is 2.32. The molecule has 30 heavy (non-hydrogen) atoms. The summed E-state index contributed by atoms with van der Waals surface area (Å²) in [4.78, 5) is 24.5. The first-order valence-electron chi connectivity index (χ1n) is 9.52. The Morgan fingerprint density at radius 1 is 1.27 bits per heavy atom. The molecule has 0 aliphatic carbocycles. The van der Waals surface area contributed by atoms with Gasteiger partial charge in [0.05, 0.1) is 18.8 Å². The Hall–Kier alpha value is -2.54. The van der Waals surface area contributed by atoms with Gasteiger partial charge in [-0.05, 0) is 42.7 Å². The van der Waals surface area contributed by atoms with Gasteiger partial charge in [-0.25, -0.2) is 9.18 Å². The molecule has 0 bridgehead atoms. The van der Waals surface area contributed by atoms with Crippen LogP contribution >= 0.6 is 8.15 Å². The predicted octanol–water partition coefficient (Wildman–Crippen LogP) is 3.63. The smallest absolute Gasteiger partial charge is 0.414 e. The first-order valence-corrected chi connectivity index (χ1v) is 11.7. The number of benzene rings is 2. The van der Waals surface area contributed by atoms with Gasteiger partial charge in [-0.15, -0.1) is 0 Å². The van der Waals surface area contributed by atoms with Crippen molar-refractivity contribution in [2.75, 3.05) is 31.3 Å². The number of rotatable bonds is 8. The quantitative estimate of drug-likeness (QED) is 0.491. The van der Waals surface area contributed by atoms with Crippen LogP contribution < -0.4 is 15.7 Å². The van der Waals surface area contributed by atoms with Gasteiger partial charge >= 0.3 is 6.09 Å². The molecule has 2 amide bonds. The van der Waals surface area contributed by atoms with Gasteiger partial charge in [0.1, 0.15) is 11.9 Å². The minimum atomic E-state index is -0.556. The third kappa shape index (κ3) is 5.75. The molecule has 1 saturated heterocycles. The summed E-state index contributed by atoms with van der Waals surface area (Å²) < 4.78 is 25.4. The molecule has 1 aliphatic heterocycles. The standard InChI is InChI=1S/C21H25FN3O4P/c1-14(26)23-12-18-13-25(21(27)28-18)17-8-9-19(20(22)10-17)16-6-4-15(5-7-16)11-24-29-30(2)3/h4-10,18,24H,11-13H2,1-3H3,(H,23,26). The SMILES string of the molecule is CC(=O)NCC1CN(c2ccc(-c3ccc(CNOP(C)C)cc3)c(F)c2)C(=O)O1. The van der Waals surface area contributed by atoms with E-state index in [0.717, 1.165) is 11.1 Å². The lowest BCUT2D eigenvalue weighted by atomic mass is 10.0. The zero-order chi connectivity index (χ0) is 21.7. The second kappa shape index (κ2) is 9.98. The van der Waals surface area contributed by atoms with Crippen LogP contribution in [-0.4, -0.2) is 44.5 Å². The van der Waals surface area contributed by atoms with Crippen molar-refractivity contribution in [3.05, 3.63) is 53.8 Å². The van der Waals surface area contributed by atoms with E-state index in [9.17, 15) is 14.0 Å². The molecule has 2 aromatic rings. The summed E-state index contributed by atoms with van der Waals surface area (Å²) in [5.74, 6) is -0.627. The summed E-state index contributed by atoms with van der Waals surface area (Å²) in [5.41, 5.74) is 5.54. The fourth-order valence-electron chi connectivity index (χ4n) is 3.05. The van der Waals surface area contributed by atoms with Gasteiger partial charge in [-0.1, -0.05) is 24.3 Å². The molecular weight excluding hydrogens is 408 g/mol. The number of nitrogens with one attached hydrogen (secondary N) is 2. The van der Waals surface area contributed by atoms with E-state index >= 15 is 0 Å². The van der Waals surface area contributed by atoms with Gasteiger partial charge in [0.25, 0.3) is 0 Å². The number of nitrogens with zero attached hydrogens (tertiary/aromatic N) is 1. The third-order valence-corrected chi connectivity index (χ3v) is 5.00. The van der Waals surface area contributed by atoms with Crippen molar-refractivity contribution in [2.24, 2.45) is 0 Å². The summed E-state index contributed by atoms with van der Waals surface area (Å²) in [5, 5.41) is 2.62. The Bertz CT molecular complexity index is 908. The molecule has 1 atom stereocenters. The molecule has 0 aromatic heterocycles. The van der Waals surface area contributed by atoms with Crippen molar-refractivity contribution in [3.63, 3.8) is 0 Å². The van der Waals surface area contributed by atoms with Gasteiger partial charge in [0, 0.05) is 27.2 Å². The molecule has 0 saturated carbocycles. The largest absolute Gasteiger partial charge is 0.442 e. The summed E-state index contributed by atoms with van der Waals surface area (Å²) in [6.45, 7) is 6.44. The number of anilines is 1.